The summed E-state index contributed by atoms with van der Waals surface area (Å²) in [5, 5.41) is 4.31. The number of nitrogens with one attached hydrogen (secondary N) is 1. The van der Waals surface area contributed by atoms with Crippen molar-refractivity contribution in [1.82, 2.24) is 19.2 Å². The van der Waals surface area contributed by atoms with Crippen LogP contribution >= 0.6 is 11.5 Å². The molecule has 0 saturated carbocycles. The van der Waals surface area contributed by atoms with Crippen LogP contribution in [0.5, 0.6) is 0 Å². The highest BCUT2D eigenvalue weighted by atomic mass is 32.1. The second-order valence-electron chi connectivity index (χ2n) is 6.44. The van der Waals surface area contributed by atoms with Crippen molar-refractivity contribution in [3.8, 4) is 0 Å². The van der Waals surface area contributed by atoms with Crippen LogP contribution in [0, 0.1) is 0 Å². The van der Waals surface area contributed by atoms with Crippen molar-refractivity contribution in [2.75, 3.05) is 39.0 Å². The Kier molecular flexibility index (Phi) is 4.43. The van der Waals surface area contributed by atoms with Gasteiger partial charge in [0.15, 0.2) is 5.82 Å². The predicted octanol–water partition coefficient (Wildman–Crippen LogP) is 2.06. The van der Waals surface area contributed by atoms with Crippen molar-refractivity contribution in [2.45, 2.75) is 38.8 Å². The summed E-state index contributed by atoms with van der Waals surface area (Å²) in [4.78, 5) is 9.41. The van der Waals surface area contributed by atoms with Crippen LogP contribution in [0.4, 0.5) is 5.13 Å². The molecule has 0 spiro atoms. The smallest absolute Gasteiger partial charge is 0.203 e. The Bertz CT molecular complexity index is 411. The Hall–Kier alpha value is -0.720. The highest BCUT2D eigenvalue weighted by molar-refractivity contribution is 7.09. The second kappa shape index (κ2) is 5.73. The van der Waals surface area contributed by atoms with Crippen LogP contribution in [-0.4, -0.2) is 58.4 Å². The van der Waals surface area contributed by atoms with Crippen LogP contribution in [0.2, 0.25) is 0 Å². The van der Waals surface area contributed by atoms with E-state index >= 15 is 0 Å². The average molecular weight is 283 g/mol. The fraction of sp³-hybridized carbons (Fsp3) is 0.846. The zero-order chi connectivity index (χ0) is 14.0. The van der Waals surface area contributed by atoms with E-state index in [1.807, 2.05) is 0 Å². The zero-order valence-electron chi connectivity index (χ0n) is 12.6. The van der Waals surface area contributed by atoms with Crippen molar-refractivity contribution < 1.29 is 0 Å². The second-order valence-corrected chi connectivity index (χ2v) is 7.20. The predicted molar refractivity (Wildman–Crippen MR) is 80.8 cm³/mol. The SMILES string of the molecule is CN1CCCN(C)C(c2nsc(NC(C)(C)C)n2)C1. The molecule has 1 aromatic heterocycles. The zero-order valence-corrected chi connectivity index (χ0v) is 13.4. The molecule has 1 aliphatic heterocycles. The largest absolute Gasteiger partial charge is 0.356 e. The molecule has 108 valence electrons. The van der Waals surface area contributed by atoms with E-state index in [-0.39, 0.29) is 5.54 Å². The minimum absolute atomic E-state index is 0.0307. The van der Waals surface area contributed by atoms with Crippen LogP contribution in [0.1, 0.15) is 39.1 Å². The van der Waals surface area contributed by atoms with Crippen LogP contribution in [-0.2, 0) is 0 Å². The third-order valence-corrected chi connectivity index (χ3v) is 3.93. The van der Waals surface area contributed by atoms with Crippen LogP contribution in [0.3, 0.4) is 0 Å². The molecule has 1 atom stereocenters. The quantitative estimate of drug-likeness (QED) is 0.900. The molecule has 2 rings (SSSR count). The van der Waals surface area contributed by atoms with E-state index in [2.05, 4.69) is 59.3 Å². The molecule has 1 saturated heterocycles. The normalized spacial score (nSPS) is 23.3. The standard InChI is InChI=1S/C13H25N5S/c1-13(2,3)15-12-14-11(16-19-12)10-9-17(4)7-6-8-18(10)5/h10H,6-9H2,1-5H3,(H,14,15,16). The molecule has 1 N–H and O–H groups in total. The van der Waals surface area contributed by atoms with E-state index < -0.39 is 0 Å². The van der Waals surface area contributed by atoms with Gasteiger partial charge in [-0.05, 0) is 54.4 Å². The van der Waals surface area contributed by atoms with Gasteiger partial charge in [0, 0.05) is 23.6 Å². The van der Waals surface area contributed by atoms with Crippen LogP contribution in [0.25, 0.3) is 0 Å². The first-order valence-electron chi connectivity index (χ1n) is 6.86. The van der Waals surface area contributed by atoms with Crippen LogP contribution < -0.4 is 5.32 Å². The number of likely N-dealkylation sites (N-methyl/N-ethyl adjacent to an activating group) is 2. The first-order chi connectivity index (χ1) is 8.85. The first-order valence-corrected chi connectivity index (χ1v) is 7.63. The van der Waals surface area contributed by atoms with E-state index in [0.717, 1.165) is 30.6 Å². The lowest BCUT2D eigenvalue weighted by molar-refractivity contribution is 0.221. The van der Waals surface area contributed by atoms with Gasteiger partial charge >= 0.3 is 0 Å². The Morgan fingerprint density at radius 2 is 2.00 bits per heavy atom. The first kappa shape index (κ1) is 14.7. The molecule has 0 bridgehead atoms. The van der Waals surface area contributed by atoms with Crippen molar-refractivity contribution in [3.63, 3.8) is 0 Å². The van der Waals surface area contributed by atoms with Crippen molar-refractivity contribution >= 4 is 16.7 Å². The summed E-state index contributed by atoms with van der Waals surface area (Å²) in [6.45, 7) is 9.68. The van der Waals surface area contributed by atoms with Gasteiger partial charge in [-0.2, -0.15) is 4.37 Å². The minimum atomic E-state index is 0.0307. The Balaban J connectivity index is 2.11. The van der Waals surface area contributed by atoms with Gasteiger partial charge < -0.3 is 10.2 Å². The molecule has 0 radical (unpaired) electrons. The molecule has 1 aromatic rings. The molecule has 2 heterocycles. The number of nitrogens with zero attached hydrogens (tertiary/aromatic N) is 4. The highest BCUT2D eigenvalue weighted by Gasteiger charge is 2.26. The number of rotatable bonds is 2. The van der Waals surface area contributed by atoms with Crippen molar-refractivity contribution in [2.24, 2.45) is 0 Å². The molecule has 0 aliphatic carbocycles. The summed E-state index contributed by atoms with van der Waals surface area (Å²) in [5.41, 5.74) is 0.0307. The van der Waals surface area contributed by atoms with Gasteiger partial charge in [-0.1, -0.05) is 0 Å². The Labute approximate surface area is 120 Å². The van der Waals surface area contributed by atoms with Gasteiger partial charge in [0.05, 0.1) is 6.04 Å². The van der Waals surface area contributed by atoms with Crippen LogP contribution in [0.15, 0.2) is 0 Å². The molecule has 1 fully saturated rings. The van der Waals surface area contributed by atoms with Crippen molar-refractivity contribution in [1.29, 1.82) is 0 Å². The Morgan fingerprint density at radius 1 is 1.26 bits per heavy atom. The van der Waals surface area contributed by atoms with Gasteiger partial charge in [0.2, 0.25) is 5.13 Å². The maximum Gasteiger partial charge on any atom is 0.203 e. The van der Waals surface area contributed by atoms with Gasteiger partial charge in [-0.3, -0.25) is 4.90 Å². The third kappa shape index (κ3) is 4.12. The third-order valence-electron chi connectivity index (χ3n) is 3.29. The number of aromatic nitrogens is 2. The maximum absolute atomic E-state index is 4.67. The molecule has 0 aromatic carbocycles. The summed E-state index contributed by atoms with van der Waals surface area (Å²) in [6.07, 6.45) is 1.21. The average Bonchev–Trinajstić information content (AvgIpc) is 2.64. The minimum Gasteiger partial charge on any atom is -0.356 e. The monoisotopic (exact) mass is 283 g/mol. The molecule has 0 amide bonds. The lowest BCUT2D eigenvalue weighted by atomic mass is 10.1. The highest BCUT2D eigenvalue weighted by Crippen LogP contribution is 2.25. The van der Waals surface area contributed by atoms with Crippen molar-refractivity contribution in [3.05, 3.63) is 5.82 Å². The molecule has 1 aliphatic rings. The Morgan fingerprint density at radius 3 is 2.68 bits per heavy atom. The fourth-order valence-corrected chi connectivity index (χ4v) is 3.12. The number of hydrogen-bond donors (Lipinski definition) is 1. The van der Waals surface area contributed by atoms with E-state index in [1.54, 1.807) is 0 Å². The molecule has 5 nitrogen and oxygen atoms in total. The van der Waals surface area contributed by atoms with E-state index in [4.69, 9.17) is 0 Å². The molecular weight excluding hydrogens is 258 g/mol. The molecular formula is C13H25N5S. The summed E-state index contributed by atoms with van der Waals surface area (Å²) < 4.78 is 4.55. The summed E-state index contributed by atoms with van der Waals surface area (Å²) in [5.74, 6) is 0.952. The lowest BCUT2D eigenvalue weighted by Gasteiger charge is -2.24. The van der Waals surface area contributed by atoms with E-state index in [9.17, 15) is 0 Å². The summed E-state index contributed by atoms with van der Waals surface area (Å²) in [6, 6.07) is 0.305. The number of hydrogen-bond acceptors (Lipinski definition) is 6. The maximum atomic E-state index is 4.67. The van der Waals surface area contributed by atoms with E-state index in [1.165, 1.54) is 18.0 Å². The van der Waals surface area contributed by atoms with Gasteiger partial charge in [0.1, 0.15) is 0 Å². The van der Waals surface area contributed by atoms with Gasteiger partial charge in [0.25, 0.3) is 0 Å². The topological polar surface area (TPSA) is 44.3 Å². The lowest BCUT2D eigenvalue weighted by Crippen LogP contribution is -2.31. The molecule has 6 heteroatoms. The molecule has 1 unspecified atom stereocenters. The fourth-order valence-electron chi connectivity index (χ4n) is 2.29. The van der Waals surface area contributed by atoms with Gasteiger partial charge in [-0.25, -0.2) is 4.98 Å². The molecule has 19 heavy (non-hydrogen) atoms. The summed E-state index contributed by atoms with van der Waals surface area (Å²) in [7, 11) is 4.34. The van der Waals surface area contributed by atoms with Gasteiger partial charge in [-0.15, -0.1) is 0 Å². The number of anilines is 1. The summed E-state index contributed by atoms with van der Waals surface area (Å²) >= 11 is 1.46. The van der Waals surface area contributed by atoms with E-state index in [0.29, 0.717) is 6.04 Å².